The molecule has 3 rings (SSSR count). The summed E-state index contributed by atoms with van der Waals surface area (Å²) in [4.78, 5) is 13.0. The second-order valence-corrected chi connectivity index (χ2v) is 6.27. The van der Waals surface area contributed by atoms with Gasteiger partial charge in [-0.3, -0.25) is 4.79 Å². The maximum atomic E-state index is 13.0. The predicted molar refractivity (Wildman–Crippen MR) is 103 cm³/mol. The zero-order chi connectivity index (χ0) is 16.8. The van der Waals surface area contributed by atoms with Gasteiger partial charge in [-0.1, -0.05) is 43.2 Å². The average Bonchev–Trinajstić information content (AvgIpc) is 3.13. The van der Waals surface area contributed by atoms with Crippen molar-refractivity contribution in [3.63, 3.8) is 0 Å². The molecule has 134 valence electrons. The molecule has 3 N–H and O–H groups in total. The van der Waals surface area contributed by atoms with E-state index in [0.29, 0.717) is 13.2 Å². The number of carbonyl (C=O) groups excluding carboxylic acids is 1. The van der Waals surface area contributed by atoms with Crippen molar-refractivity contribution in [3.05, 3.63) is 60.2 Å². The number of anilines is 1. The summed E-state index contributed by atoms with van der Waals surface area (Å²) in [5, 5.41) is 3.09. The molecule has 1 aliphatic rings. The summed E-state index contributed by atoms with van der Waals surface area (Å²) in [5.74, 6) is 0.846. The second-order valence-electron chi connectivity index (χ2n) is 6.27. The Morgan fingerprint density at radius 3 is 2.28 bits per heavy atom. The van der Waals surface area contributed by atoms with Crippen molar-refractivity contribution >= 4 is 24.0 Å². The number of nitrogens with two attached hydrogens (primary N) is 1. The molecule has 2 aromatic rings. The lowest BCUT2D eigenvalue weighted by molar-refractivity contribution is -0.121. The summed E-state index contributed by atoms with van der Waals surface area (Å²) in [5.41, 5.74) is 6.93. The van der Waals surface area contributed by atoms with Crippen LogP contribution in [0.15, 0.2) is 54.6 Å². The number of benzene rings is 2. The molecule has 0 saturated heterocycles. The van der Waals surface area contributed by atoms with Gasteiger partial charge in [-0.05, 0) is 42.7 Å². The molecule has 0 bridgehead atoms. The number of hydrogen-bond acceptors (Lipinski definition) is 3. The van der Waals surface area contributed by atoms with Crippen molar-refractivity contribution in [2.45, 2.75) is 31.1 Å². The van der Waals surface area contributed by atoms with E-state index in [1.54, 1.807) is 0 Å². The predicted octanol–water partition coefficient (Wildman–Crippen LogP) is 3.90. The number of rotatable bonds is 6. The Hall–Kier alpha value is -2.04. The molecule has 0 spiro atoms. The van der Waals surface area contributed by atoms with Gasteiger partial charge in [-0.25, -0.2) is 0 Å². The van der Waals surface area contributed by atoms with Crippen LogP contribution in [0.25, 0.3) is 0 Å². The number of carbonyl (C=O) groups is 1. The van der Waals surface area contributed by atoms with Crippen LogP contribution in [0, 0.1) is 0 Å². The SMILES string of the molecule is Cl.NCCOc1ccc(NC(=O)C2(c3ccccc3)CCCC2)cc1. The van der Waals surface area contributed by atoms with Crippen molar-refractivity contribution in [3.8, 4) is 5.75 Å². The number of amides is 1. The zero-order valence-corrected chi connectivity index (χ0v) is 15.1. The Bertz CT molecular complexity index is 668. The van der Waals surface area contributed by atoms with E-state index in [-0.39, 0.29) is 18.3 Å². The highest BCUT2D eigenvalue weighted by molar-refractivity contribution is 5.99. The van der Waals surface area contributed by atoms with Crippen LogP contribution in [-0.4, -0.2) is 19.1 Å². The van der Waals surface area contributed by atoms with E-state index in [9.17, 15) is 4.79 Å². The maximum Gasteiger partial charge on any atom is 0.235 e. The van der Waals surface area contributed by atoms with Gasteiger partial charge in [0.15, 0.2) is 0 Å². The van der Waals surface area contributed by atoms with Gasteiger partial charge in [0, 0.05) is 12.2 Å². The summed E-state index contributed by atoms with van der Waals surface area (Å²) in [7, 11) is 0. The third-order valence-electron chi connectivity index (χ3n) is 4.72. The molecule has 0 heterocycles. The van der Waals surface area contributed by atoms with Crippen LogP contribution < -0.4 is 15.8 Å². The van der Waals surface area contributed by atoms with E-state index in [4.69, 9.17) is 10.5 Å². The molecule has 0 radical (unpaired) electrons. The van der Waals surface area contributed by atoms with E-state index < -0.39 is 5.41 Å². The highest BCUT2D eigenvalue weighted by Crippen LogP contribution is 2.42. The standard InChI is InChI=1S/C20H24N2O2.ClH/c21-14-15-24-18-10-8-17(9-11-18)22-19(23)20(12-4-5-13-20)16-6-2-1-3-7-16;/h1-3,6-11H,4-5,12-15,21H2,(H,22,23);1H. The Kier molecular flexibility index (Phi) is 6.85. The lowest BCUT2D eigenvalue weighted by Crippen LogP contribution is -2.37. The fourth-order valence-corrected chi connectivity index (χ4v) is 3.44. The summed E-state index contributed by atoms with van der Waals surface area (Å²) in [6.45, 7) is 0.973. The Labute approximate surface area is 155 Å². The van der Waals surface area contributed by atoms with Gasteiger partial charge < -0.3 is 15.8 Å². The van der Waals surface area contributed by atoms with Gasteiger partial charge in [0.05, 0.1) is 5.41 Å². The topological polar surface area (TPSA) is 64.3 Å². The Balaban J connectivity index is 0.00000225. The van der Waals surface area contributed by atoms with Crippen LogP contribution >= 0.6 is 12.4 Å². The second kappa shape index (κ2) is 8.88. The monoisotopic (exact) mass is 360 g/mol. The van der Waals surface area contributed by atoms with E-state index >= 15 is 0 Å². The molecular weight excluding hydrogens is 336 g/mol. The van der Waals surface area contributed by atoms with E-state index in [2.05, 4.69) is 17.4 Å². The van der Waals surface area contributed by atoms with Gasteiger partial charge in [-0.15, -0.1) is 12.4 Å². The molecule has 2 aromatic carbocycles. The lowest BCUT2D eigenvalue weighted by atomic mass is 9.78. The van der Waals surface area contributed by atoms with Gasteiger partial charge in [0.2, 0.25) is 5.91 Å². The van der Waals surface area contributed by atoms with Crippen molar-refractivity contribution in [1.29, 1.82) is 0 Å². The molecule has 0 aromatic heterocycles. The van der Waals surface area contributed by atoms with Gasteiger partial charge in [-0.2, -0.15) is 0 Å². The fraction of sp³-hybridized carbons (Fsp3) is 0.350. The fourth-order valence-electron chi connectivity index (χ4n) is 3.44. The third kappa shape index (κ3) is 4.33. The van der Waals surface area contributed by atoms with E-state index in [1.165, 1.54) is 0 Å². The molecule has 25 heavy (non-hydrogen) atoms. The summed E-state index contributed by atoms with van der Waals surface area (Å²) >= 11 is 0. The van der Waals surface area contributed by atoms with Crippen molar-refractivity contribution in [2.24, 2.45) is 5.73 Å². The van der Waals surface area contributed by atoms with Gasteiger partial charge >= 0.3 is 0 Å². The highest BCUT2D eigenvalue weighted by Gasteiger charge is 2.42. The van der Waals surface area contributed by atoms with Crippen LogP contribution in [0.4, 0.5) is 5.69 Å². The number of hydrogen-bond donors (Lipinski definition) is 2. The maximum absolute atomic E-state index is 13.0. The average molecular weight is 361 g/mol. The molecule has 4 nitrogen and oxygen atoms in total. The first-order valence-corrected chi connectivity index (χ1v) is 8.54. The molecule has 5 heteroatoms. The number of halogens is 1. The largest absolute Gasteiger partial charge is 0.492 e. The molecule has 1 saturated carbocycles. The minimum atomic E-state index is -0.407. The highest BCUT2D eigenvalue weighted by atomic mass is 35.5. The van der Waals surface area contributed by atoms with Gasteiger partial charge in [0.1, 0.15) is 12.4 Å². The smallest absolute Gasteiger partial charge is 0.235 e. The number of nitrogens with one attached hydrogen (secondary N) is 1. The van der Waals surface area contributed by atoms with Crippen LogP contribution in [-0.2, 0) is 10.2 Å². The van der Waals surface area contributed by atoms with Crippen LogP contribution in [0.3, 0.4) is 0 Å². The molecule has 1 aliphatic carbocycles. The normalized spacial score (nSPS) is 15.2. The van der Waals surface area contributed by atoms with Crippen molar-refractivity contribution in [2.75, 3.05) is 18.5 Å². The molecule has 1 amide bonds. The Morgan fingerprint density at radius 1 is 1.04 bits per heavy atom. The van der Waals surface area contributed by atoms with Crippen LogP contribution in [0.2, 0.25) is 0 Å². The van der Waals surface area contributed by atoms with Crippen LogP contribution in [0.5, 0.6) is 5.75 Å². The Morgan fingerprint density at radius 2 is 1.68 bits per heavy atom. The molecule has 0 atom stereocenters. The molecular formula is C20H25ClN2O2. The summed E-state index contributed by atoms with van der Waals surface area (Å²) in [6.07, 6.45) is 3.99. The van der Waals surface area contributed by atoms with E-state index in [0.717, 1.165) is 42.7 Å². The number of ether oxygens (including phenoxy) is 1. The molecule has 0 unspecified atom stereocenters. The van der Waals surface area contributed by atoms with Crippen molar-refractivity contribution in [1.82, 2.24) is 0 Å². The first-order chi connectivity index (χ1) is 11.7. The third-order valence-corrected chi connectivity index (χ3v) is 4.72. The van der Waals surface area contributed by atoms with Crippen molar-refractivity contribution < 1.29 is 9.53 Å². The van der Waals surface area contributed by atoms with Gasteiger partial charge in [0.25, 0.3) is 0 Å². The lowest BCUT2D eigenvalue weighted by Gasteiger charge is -2.28. The summed E-state index contributed by atoms with van der Waals surface area (Å²) < 4.78 is 5.47. The molecule has 1 fully saturated rings. The van der Waals surface area contributed by atoms with Crippen LogP contribution in [0.1, 0.15) is 31.2 Å². The first-order valence-electron chi connectivity index (χ1n) is 8.54. The first kappa shape index (κ1) is 19.3. The molecule has 0 aliphatic heterocycles. The minimum Gasteiger partial charge on any atom is -0.492 e. The quantitative estimate of drug-likeness (QED) is 0.821. The van der Waals surface area contributed by atoms with E-state index in [1.807, 2.05) is 42.5 Å². The summed E-state index contributed by atoms with van der Waals surface area (Å²) in [6, 6.07) is 17.6. The minimum absolute atomic E-state index is 0. The zero-order valence-electron chi connectivity index (χ0n) is 14.2.